The lowest BCUT2D eigenvalue weighted by molar-refractivity contribution is 0.102. The first-order valence-electron chi connectivity index (χ1n) is 5.64. The molecule has 0 unspecified atom stereocenters. The maximum absolute atomic E-state index is 13.1. The summed E-state index contributed by atoms with van der Waals surface area (Å²) in [5, 5.41) is 12.0. The number of phenols is 1. The number of rotatable bonds is 3. The van der Waals surface area contributed by atoms with E-state index in [-0.39, 0.29) is 22.7 Å². The van der Waals surface area contributed by atoms with Gasteiger partial charge in [-0.2, -0.15) is 0 Å². The van der Waals surface area contributed by atoms with Crippen molar-refractivity contribution in [3.63, 3.8) is 0 Å². The molecule has 2 aromatic carbocycles. The van der Waals surface area contributed by atoms with E-state index in [1.165, 1.54) is 13.2 Å². The first-order chi connectivity index (χ1) is 9.51. The smallest absolute Gasteiger partial charge is 0.259 e. The zero-order chi connectivity index (χ0) is 14.7. The third kappa shape index (κ3) is 2.85. The summed E-state index contributed by atoms with van der Waals surface area (Å²) in [6.07, 6.45) is 0. The van der Waals surface area contributed by atoms with Crippen molar-refractivity contribution in [1.29, 1.82) is 0 Å². The molecule has 0 aliphatic rings. The number of amides is 1. The maximum Gasteiger partial charge on any atom is 0.259 e. The fourth-order valence-electron chi connectivity index (χ4n) is 1.65. The second-order valence-electron chi connectivity index (χ2n) is 3.96. The summed E-state index contributed by atoms with van der Waals surface area (Å²) in [6, 6.07) is 6.56. The minimum Gasteiger partial charge on any atom is -0.507 e. The predicted octanol–water partition coefficient (Wildman–Crippen LogP) is 2.93. The summed E-state index contributed by atoms with van der Waals surface area (Å²) < 4.78 is 31.0. The van der Waals surface area contributed by atoms with Gasteiger partial charge in [0.25, 0.3) is 5.91 Å². The molecule has 0 bridgehead atoms. The number of benzene rings is 2. The molecule has 0 heterocycles. The van der Waals surface area contributed by atoms with Crippen LogP contribution in [0.4, 0.5) is 14.5 Å². The first-order valence-corrected chi connectivity index (χ1v) is 5.64. The van der Waals surface area contributed by atoms with Crippen molar-refractivity contribution >= 4 is 11.6 Å². The number of carbonyl (C=O) groups excluding carboxylic acids is 1. The van der Waals surface area contributed by atoms with Crippen LogP contribution in [-0.4, -0.2) is 18.1 Å². The SMILES string of the molecule is COc1cc(F)ccc1NC(=O)c1cc(F)ccc1O. The Kier molecular flexibility index (Phi) is 3.84. The molecule has 1 amide bonds. The van der Waals surface area contributed by atoms with Crippen molar-refractivity contribution in [2.45, 2.75) is 0 Å². The van der Waals surface area contributed by atoms with Gasteiger partial charge in [0.05, 0.1) is 18.4 Å². The number of phenolic OH excluding ortho intramolecular Hbond substituents is 1. The number of carbonyl (C=O) groups is 1. The van der Waals surface area contributed by atoms with Gasteiger partial charge in [0.2, 0.25) is 0 Å². The second kappa shape index (κ2) is 5.56. The molecule has 4 nitrogen and oxygen atoms in total. The van der Waals surface area contributed by atoms with Crippen LogP contribution in [0.1, 0.15) is 10.4 Å². The molecule has 0 atom stereocenters. The van der Waals surface area contributed by atoms with Gasteiger partial charge in [-0.1, -0.05) is 0 Å². The molecule has 0 aliphatic heterocycles. The third-order valence-corrected chi connectivity index (χ3v) is 2.61. The van der Waals surface area contributed by atoms with Crippen molar-refractivity contribution in [2.75, 3.05) is 12.4 Å². The zero-order valence-corrected chi connectivity index (χ0v) is 10.5. The zero-order valence-electron chi connectivity index (χ0n) is 10.5. The number of hydrogen-bond donors (Lipinski definition) is 2. The van der Waals surface area contributed by atoms with Crippen molar-refractivity contribution in [2.24, 2.45) is 0 Å². The topological polar surface area (TPSA) is 58.6 Å². The van der Waals surface area contributed by atoms with E-state index < -0.39 is 17.5 Å². The fourth-order valence-corrected chi connectivity index (χ4v) is 1.65. The Morgan fingerprint density at radius 3 is 2.50 bits per heavy atom. The van der Waals surface area contributed by atoms with Crippen LogP contribution in [-0.2, 0) is 0 Å². The lowest BCUT2D eigenvalue weighted by atomic mass is 10.1. The largest absolute Gasteiger partial charge is 0.507 e. The molecule has 2 rings (SSSR count). The van der Waals surface area contributed by atoms with Crippen molar-refractivity contribution in [1.82, 2.24) is 0 Å². The molecule has 0 saturated heterocycles. The maximum atomic E-state index is 13.1. The number of ether oxygens (including phenoxy) is 1. The number of aromatic hydroxyl groups is 1. The molecular weight excluding hydrogens is 268 g/mol. The Hall–Kier alpha value is -2.63. The number of nitrogens with one attached hydrogen (secondary N) is 1. The van der Waals surface area contributed by atoms with Crippen LogP contribution in [0.5, 0.6) is 11.5 Å². The molecular formula is C14H11F2NO3. The van der Waals surface area contributed by atoms with Crippen LogP contribution in [0.2, 0.25) is 0 Å². The molecule has 0 aromatic heterocycles. The van der Waals surface area contributed by atoms with E-state index in [9.17, 15) is 18.7 Å². The Labute approximate surface area is 113 Å². The summed E-state index contributed by atoms with van der Waals surface area (Å²) in [4.78, 5) is 12.0. The lowest BCUT2D eigenvalue weighted by Gasteiger charge is -2.11. The van der Waals surface area contributed by atoms with Crippen LogP contribution < -0.4 is 10.1 Å². The lowest BCUT2D eigenvalue weighted by Crippen LogP contribution is -2.13. The monoisotopic (exact) mass is 279 g/mol. The first kappa shape index (κ1) is 13.8. The standard InChI is InChI=1S/C14H11F2NO3/c1-20-13-7-9(16)2-4-11(13)17-14(19)10-6-8(15)3-5-12(10)18/h2-7,18H,1H3,(H,17,19). The van der Waals surface area contributed by atoms with E-state index >= 15 is 0 Å². The minimum absolute atomic E-state index is 0.120. The van der Waals surface area contributed by atoms with Gasteiger partial charge in [0.1, 0.15) is 23.1 Å². The van der Waals surface area contributed by atoms with E-state index in [2.05, 4.69) is 5.32 Å². The second-order valence-corrected chi connectivity index (χ2v) is 3.96. The highest BCUT2D eigenvalue weighted by atomic mass is 19.1. The van der Waals surface area contributed by atoms with Gasteiger partial charge >= 0.3 is 0 Å². The molecule has 0 saturated carbocycles. The van der Waals surface area contributed by atoms with Gasteiger partial charge in [-0.05, 0) is 30.3 Å². The fraction of sp³-hybridized carbons (Fsp3) is 0.0714. The normalized spacial score (nSPS) is 10.2. The highest BCUT2D eigenvalue weighted by molar-refractivity contribution is 6.06. The van der Waals surface area contributed by atoms with Crippen molar-refractivity contribution in [3.8, 4) is 11.5 Å². The average molecular weight is 279 g/mol. The highest BCUT2D eigenvalue weighted by Gasteiger charge is 2.14. The van der Waals surface area contributed by atoms with Crippen LogP contribution >= 0.6 is 0 Å². The van der Waals surface area contributed by atoms with Crippen LogP contribution in [0.3, 0.4) is 0 Å². The number of anilines is 1. The Bertz CT molecular complexity index is 659. The molecule has 0 aliphatic carbocycles. The van der Waals surface area contributed by atoms with E-state index in [4.69, 9.17) is 4.74 Å². The highest BCUT2D eigenvalue weighted by Crippen LogP contribution is 2.26. The molecule has 6 heteroatoms. The summed E-state index contributed by atoms with van der Waals surface area (Å²) in [5.74, 6) is -2.14. The van der Waals surface area contributed by atoms with E-state index in [1.807, 2.05) is 0 Å². The van der Waals surface area contributed by atoms with Gasteiger partial charge in [0, 0.05) is 6.07 Å². The molecule has 2 N–H and O–H groups in total. The Balaban J connectivity index is 2.30. The number of halogens is 2. The van der Waals surface area contributed by atoms with Crippen LogP contribution in [0, 0.1) is 11.6 Å². The van der Waals surface area contributed by atoms with Gasteiger partial charge in [-0.3, -0.25) is 4.79 Å². The van der Waals surface area contributed by atoms with E-state index in [1.54, 1.807) is 0 Å². The minimum atomic E-state index is -0.730. The van der Waals surface area contributed by atoms with Crippen molar-refractivity contribution in [3.05, 3.63) is 53.6 Å². The summed E-state index contributed by atoms with van der Waals surface area (Å²) in [6.45, 7) is 0. The predicted molar refractivity (Wildman–Crippen MR) is 69.0 cm³/mol. The molecule has 0 spiro atoms. The Morgan fingerprint density at radius 2 is 1.80 bits per heavy atom. The third-order valence-electron chi connectivity index (χ3n) is 2.61. The van der Waals surface area contributed by atoms with Gasteiger partial charge in [-0.25, -0.2) is 8.78 Å². The summed E-state index contributed by atoms with van der Waals surface area (Å²) >= 11 is 0. The summed E-state index contributed by atoms with van der Waals surface area (Å²) in [5.41, 5.74) is -0.0149. The molecule has 0 fully saturated rings. The van der Waals surface area contributed by atoms with Gasteiger partial charge in [-0.15, -0.1) is 0 Å². The van der Waals surface area contributed by atoms with Crippen LogP contribution in [0.25, 0.3) is 0 Å². The summed E-state index contributed by atoms with van der Waals surface area (Å²) in [7, 11) is 1.32. The number of hydrogen-bond acceptors (Lipinski definition) is 3. The average Bonchev–Trinajstić information content (AvgIpc) is 2.43. The van der Waals surface area contributed by atoms with Gasteiger partial charge < -0.3 is 15.2 Å². The quantitative estimate of drug-likeness (QED) is 0.908. The van der Waals surface area contributed by atoms with Gasteiger partial charge in [0.15, 0.2) is 0 Å². The van der Waals surface area contributed by atoms with Crippen molar-refractivity contribution < 1.29 is 23.4 Å². The molecule has 0 radical (unpaired) electrons. The molecule has 20 heavy (non-hydrogen) atoms. The Morgan fingerprint density at radius 1 is 1.15 bits per heavy atom. The molecule has 2 aromatic rings. The van der Waals surface area contributed by atoms with E-state index in [0.29, 0.717) is 0 Å². The van der Waals surface area contributed by atoms with E-state index in [0.717, 1.165) is 30.3 Å². The van der Waals surface area contributed by atoms with Crippen LogP contribution in [0.15, 0.2) is 36.4 Å². The molecule has 104 valence electrons. The number of methoxy groups -OCH3 is 1.